The van der Waals surface area contributed by atoms with Gasteiger partial charge >= 0.3 is 6.18 Å². The number of aryl methyl sites for hydroxylation is 1. The first-order valence-corrected chi connectivity index (χ1v) is 4.66. The molecule has 1 aromatic heterocycles. The first kappa shape index (κ1) is 13.4. The molecule has 1 unspecified atom stereocenters. The molecule has 8 heteroatoms. The van der Waals surface area contributed by atoms with Crippen LogP contribution in [0.25, 0.3) is 0 Å². The minimum absolute atomic E-state index is 0.122. The van der Waals surface area contributed by atoms with Crippen LogP contribution in [-0.2, 0) is 7.05 Å². The van der Waals surface area contributed by atoms with Gasteiger partial charge in [-0.2, -0.15) is 13.2 Å². The fourth-order valence-corrected chi connectivity index (χ4v) is 1.21. The summed E-state index contributed by atoms with van der Waals surface area (Å²) >= 11 is 0. The minimum Gasteiger partial charge on any atom is -0.397 e. The van der Waals surface area contributed by atoms with E-state index in [1.54, 1.807) is 0 Å². The highest BCUT2D eigenvalue weighted by molar-refractivity contribution is 5.93. The Kier molecular flexibility index (Phi) is 3.66. The zero-order chi connectivity index (χ0) is 13.2. The third-order valence-electron chi connectivity index (χ3n) is 2.09. The maximum Gasteiger partial charge on any atom is 0.416 e. The molecule has 1 rings (SSSR count). The van der Waals surface area contributed by atoms with Gasteiger partial charge in [0.1, 0.15) is 5.69 Å². The number of hydrogen-bond donors (Lipinski definition) is 3. The van der Waals surface area contributed by atoms with E-state index in [0.29, 0.717) is 5.69 Å². The second-order valence-electron chi connectivity index (χ2n) is 3.54. The van der Waals surface area contributed by atoms with Crippen molar-refractivity contribution in [3.63, 3.8) is 0 Å². The maximum absolute atomic E-state index is 12.0. The Morgan fingerprint density at radius 1 is 1.65 bits per heavy atom. The molecular formula is C9H12F3N3O2. The maximum atomic E-state index is 12.0. The fraction of sp³-hybridized carbons (Fsp3) is 0.444. The van der Waals surface area contributed by atoms with Gasteiger partial charge in [-0.05, 0) is 6.07 Å². The van der Waals surface area contributed by atoms with E-state index in [4.69, 9.17) is 10.8 Å². The van der Waals surface area contributed by atoms with Crippen molar-refractivity contribution in [3.05, 3.63) is 18.0 Å². The average Bonchev–Trinajstić information content (AvgIpc) is 2.52. The normalized spacial score (nSPS) is 13.5. The quantitative estimate of drug-likeness (QED) is 0.721. The Morgan fingerprint density at radius 3 is 2.65 bits per heavy atom. The van der Waals surface area contributed by atoms with Crippen molar-refractivity contribution in [2.45, 2.75) is 12.3 Å². The number of rotatable bonds is 3. The van der Waals surface area contributed by atoms with E-state index in [9.17, 15) is 18.0 Å². The molecule has 0 aliphatic rings. The molecule has 5 nitrogen and oxygen atoms in total. The third kappa shape index (κ3) is 3.38. The van der Waals surface area contributed by atoms with Crippen molar-refractivity contribution in [3.8, 4) is 0 Å². The van der Waals surface area contributed by atoms with Gasteiger partial charge in [-0.15, -0.1) is 0 Å². The van der Waals surface area contributed by atoms with Crippen molar-refractivity contribution in [1.29, 1.82) is 0 Å². The summed E-state index contributed by atoms with van der Waals surface area (Å²) in [4.78, 5) is 11.4. The van der Waals surface area contributed by atoms with Gasteiger partial charge in [-0.3, -0.25) is 4.79 Å². The van der Waals surface area contributed by atoms with E-state index in [2.05, 4.69) is 0 Å². The molecule has 0 radical (unpaired) electrons. The van der Waals surface area contributed by atoms with Crippen molar-refractivity contribution in [2.75, 3.05) is 12.3 Å². The van der Waals surface area contributed by atoms with Crippen LogP contribution in [0.4, 0.5) is 18.9 Å². The lowest BCUT2D eigenvalue weighted by Gasteiger charge is -2.15. The number of aliphatic hydroxyl groups excluding tert-OH is 1. The molecule has 96 valence electrons. The number of nitrogen functional groups attached to an aromatic ring is 1. The second-order valence-corrected chi connectivity index (χ2v) is 3.54. The topological polar surface area (TPSA) is 80.3 Å². The van der Waals surface area contributed by atoms with Crippen molar-refractivity contribution in [1.82, 2.24) is 9.88 Å². The van der Waals surface area contributed by atoms with Gasteiger partial charge in [0.2, 0.25) is 0 Å². The summed E-state index contributed by atoms with van der Waals surface area (Å²) in [7, 11) is 1.53. The van der Waals surface area contributed by atoms with Crippen LogP contribution in [0, 0.1) is 0 Å². The van der Waals surface area contributed by atoms with Gasteiger partial charge in [0.15, 0.2) is 6.10 Å². The van der Waals surface area contributed by atoms with E-state index in [1.807, 2.05) is 5.32 Å². The number of alkyl halides is 3. The van der Waals surface area contributed by atoms with Gasteiger partial charge in [-0.1, -0.05) is 0 Å². The number of amides is 1. The zero-order valence-electron chi connectivity index (χ0n) is 8.95. The number of halogens is 3. The predicted octanol–water partition coefficient (Wildman–Crippen LogP) is 0.260. The van der Waals surface area contributed by atoms with Crippen LogP contribution in [0.3, 0.4) is 0 Å². The minimum atomic E-state index is -4.75. The molecule has 0 aliphatic carbocycles. The fourth-order valence-electron chi connectivity index (χ4n) is 1.21. The summed E-state index contributed by atoms with van der Waals surface area (Å²) < 4.78 is 37.3. The smallest absolute Gasteiger partial charge is 0.397 e. The largest absolute Gasteiger partial charge is 0.416 e. The van der Waals surface area contributed by atoms with Gasteiger partial charge < -0.3 is 20.7 Å². The molecular weight excluding hydrogens is 239 g/mol. The highest BCUT2D eigenvalue weighted by Gasteiger charge is 2.38. The van der Waals surface area contributed by atoms with Crippen LogP contribution in [0.5, 0.6) is 0 Å². The summed E-state index contributed by atoms with van der Waals surface area (Å²) in [5, 5.41) is 10.7. The Bertz CT molecular complexity index is 414. The summed E-state index contributed by atoms with van der Waals surface area (Å²) in [6.07, 6.45) is -5.88. The number of aromatic nitrogens is 1. The molecule has 0 bridgehead atoms. The van der Waals surface area contributed by atoms with E-state index >= 15 is 0 Å². The molecule has 1 aromatic rings. The molecule has 4 N–H and O–H groups in total. The van der Waals surface area contributed by atoms with Crippen LogP contribution in [0.1, 0.15) is 10.5 Å². The number of nitrogens with one attached hydrogen (secondary N) is 1. The summed E-state index contributed by atoms with van der Waals surface area (Å²) in [5.41, 5.74) is 5.86. The Labute approximate surface area is 95.0 Å². The molecule has 1 atom stereocenters. The van der Waals surface area contributed by atoms with E-state index in [1.165, 1.54) is 23.9 Å². The van der Waals surface area contributed by atoms with Crippen LogP contribution in [0.15, 0.2) is 12.3 Å². The lowest BCUT2D eigenvalue weighted by atomic mass is 10.3. The molecule has 0 spiro atoms. The Hall–Kier alpha value is -1.70. The summed E-state index contributed by atoms with van der Waals surface area (Å²) in [5.74, 6) is -0.729. The van der Waals surface area contributed by atoms with Gasteiger partial charge in [0.25, 0.3) is 5.91 Å². The van der Waals surface area contributed by atoms with Gasteiger partial charge in [-0.25, -0.2) is 0 Å². The van der Waals surface area contributed by atoms with Crippen molar-refractivity contribution in [2.24, 2.45) is 7.05 Å². The highest BCUT2D eigenvalue weighted by atomic mass is 19.4. The average molecular weight is 251 g/mol. The highest BCUT2D eigenvalue weighted by Crippen LogP contribution is 2.19. The zero-order valence-corrected chi connectivity index (χ0v) is 8.95. The number of hydrogen-bond acceptors (Lipinski definition) is 3. The monoisotopic (exact) mass is 251 g/mol. The third-order valence-corrected chi connectivity index (χ3v) is 2.09. The van der Waals surface area contributed by atoms with Gasteiger partial charge in [0, 0.05) is 13.2 Å². The molecule has 0 saturated heterocycles. The number of carbonyl (C=O) groups is 1. The van der Waals surface area contributed by atoms with E-state index in [-0.39, 0.29) is 5.69 Å². The number of nitrogens with zero attached hydrogens (tertiary/aromatic N) is 1. The molecule has 0 saturated carbocycles. The second kappa shape index (κ2) is 4.66. The Morgan fingerprint density at radius 2 is 2.24 bits per heavy atom. The van der Waals surface area contributed by atoms with E-state index in [0.717, 1.165) is 0 Å². The summed E-state index contributed by atoms with van der Waals surface area (Å²) in [6.45, 7) is -0.895. The molecule has 17 heavy (non-hydrogen) atoms. The molecule has 1 heterocycles. The van der Waals surface area contributed by atoms with Crippen LogP contribution >= 0.6 is 0 Å². The molecule has 0 fully saturated rings. The molecule has 0 aromatic carbocycles. The molecule has 1 amide bonds. The van der Waals surface area contributed by atoms with Crippen LogP contribution < -0.4 is 11.1 Å². The Balaban J connectivity index is 2.60. The van der Waals surface area contributed by atoms with Crippen LogP contribution in [-0.4, -0.2) is 34.4 Å². The number of aliphatic hydroxyl groups is 1. The van der Waals surface area contributed by atoms with Crippen LogP contribution in [0.2, 0.25) is 0 Å². The predicted molar refractivity (Wildman–Crippen MR) is 54.2 cm³/mol. The standard InChI is InChI=1S/C9H12F3N3O2/c1-15-4-5(13)2-6(15)8(17)14-3-7(16)9(10,11)12/h2,4,7,16H,3,13H2,1H3,(H,14,17). The number of anilines is 1. The first-order chi connectivity index (χ1) is 7.71. The summed E-state index contributed by atoms with van der Waals surface area (Å²) in [6, 6.07) is 1.33. The van der Waals surface area contributed by atoms with Gasteiger partial charge in [0.05, 0.1) is 12.2 Å². The SMILES string of the molecule is Cn1cc(N)cc1C(=O)NCC(O)C(F)(F)F. The number of nitrogens with two attached hydrogens (primary N) is 1. The lowest BCUT2D eigenvalue weighted by molar-refractivity contribution is -0.201. The first-order valence-electron chi connectivity index (χ1n) is 4.66. The number of carbonyl (C=O) groups excluding carboxylic acids is 1. The van der Waals surface area contributed by atoms with Crippen molar-refractivity contribution < 1.29 is 23.1 Å². The molecule has 0 aliphatic heterocycles. The van der Waals surface area contributed by atoms with E-state index < -0.39 is 24.7 Å². The van der Waals surface area contributed by atoms with Crippen molar-refractivity contribution >= 4 is 11.6 Å². The lowest BCUT2D eigenvalue weighted by Crippen LogP contribution is -2.41.